The number of ether oxygens (including phenoxy) is 1. The zero-order chi connectivity index (χ0) is 15.8. The minimum Gasteiger partial charge on any atom is -0.496 e. The molecule has 110 valence electrons. The number of terminal acetylenes is 1. The molecule has 2 rings (SSSR count). The maximum atomic E-state index is 12.4. The molecule has 0 bridgehead atoms. The first kappa shape index (κ1) is 15.4. The van der Waals surface area contributed by atoms with Gasteiger partial charge in [-0.15, -0.1) is 6.42 Å². The van der Waals surface area contributed by atoms with E-state index in [2.05, 4.69) is 11.2 Å². The van der Waals surface area contributed by atoms with E-state index < -0.39 is 0 Å². The zero-order valence-electron chi connectivity index (χ0n) is 12.4. The third-order valence-electron chi connectivity index (χ3n) is 3.12. The maximum absolute atomic E-state index is 12.4. The molecule has 1 N–H and O–H groups in total. The van der Waals surface area contributed by atoms with E-state index in [1.165, 1.54) is 0 Å². The second-order valence-corrected chi connectivity index (χ2v) is 4.55. The Labute approximate surface area is 130 Å². The van der Waals surface area contributed by atoms with E-state index in [-0.39, 0.29) is 12.5 Å². The van der Waals surface area contributed by atoms with Crippen LogP contribution in [0.5, 0.6) is 5.75 Å². The predicted octanol–water partition coefficient (Wildman–Crippen LogP) is 2.99. The number of rotatable bonds is 5. The maximum Gasteiger partial charge on any atom is 0.252 e. The summed E-state index contributed by atoms with van der Waals surface area (Å²) in [6, 6.07) is 17.0. The van der Waals surface area contributed by atoms with Gasteiger partial charge in [0.1, 0.15) is 5.75 Å². The molecule has 0 aliphatic rings. The molecule has 3 nitrogen and oxygen atoms in total. The Hall–Kier alpha value is -2.99. The third-order valence-corrected chi connectivity index (χ3v) is 3.12. The van der Waals surface area contributed by atoms with Crippen LogP contribution >= 0.6 is 0 Å². The summed E-state index contributed by atoms with van der Waals surface area (Å²) in [7, 11) is 1.60. The predicted molar refractivity (Wildman–Crippen MR) is 89.1 cm³/mol. The molecule has 3 heteroatoms. The number of hydrogen-bond donors (Lipinski definition) is 1. The van der Waals surface area contributed by atoms with Crippen LogP contribution in [0.3, 0.4) is 0 Å². The van der Waals surface area contributed by atoms with Gasteiger partial charge in [-0.2, -0.15) is 0 Å². The van der Waals surface area contributed by atoms with Crippen molar-refractivity contribution in [2.24, 2.45) is 0 Å². The van der Waals surface area contributed by atoms with Gasteiger partial charge >= 0.3 is 0 Å². The monoisotopic (exact) mass is 291 g/mol. The number of carbonyl (C=O) groups is 1. The number of hydrogen-bond acceptors (Lipinski definition) is 2. The molecule has 22 heavy (non-hydrogen) atoms. The third kappa shape index (κ3) is 3.77. The molecule has 0 aromatic heterocycles. The first-order chi connectivity index (χ1) is 10.8. The normalized spacial score (nSPS) is 10.6. The van der Waals surface area contributed by atoms with Crippen LogP contribution in [0.1, 0.15) is 11.1 Å². The van der Waals surface area contributed by atoms with Crippen LogP contribution in [0, 0.1) is 12.3 Å². The molecule has 0 aliphatic carbocycles. The fraction of sp³-hybridized carbons (Fsp3) is 0.105. The lowest BCUT2D eigenvalue weighted by atomic mass is 10.0. The molecular weight excluding hydrogens is 274 g/mol. The van der Waals surface area contributed by atoms with Gasteiger partial charge in [0, 0.05) is 11.1 Å². The lowest BCUT2D eigenvalue weighted by Gasteiger charge is -2.10. The van der Waals surface area contributed by atoms with E-state index in [4.69, 9.17) is 11.2 Å². The number of benzene rings is 2. The SMILES string of the molecule is C#CCNC(=O)C(=Cc1ccccc1OC)c1ccccc1. The number of para-hydroxylation sites is 1. The summed E-state index contributed by atoms with van der Waals surface area (Å²) in [4.78, 5) is 12.4. The van der Waals surface area contributed by atoms with Crippen molar-refractivity contribution in [3.05, 3.63) is 65.7 Å². The van der Waals surface area contributed by atoms with Crippen LogP contribution in [0.15, 0.2) is 54.6 Å². The fourth-order valence-corrected chi connectivity index (χ4v) is 2.07. The van der Waals surface area contributed by atoms with Gasteiger partial charge in [-0.05, 0) is 17.7 Å². The van der Waals surface area contributed by atoms with Gasteiger partial charge < -0.3 is 10.1 Å². The van der Waals surface area contributed by atoms with Crippen molar-refractivity contribution in [2.45, 2.75) is 0 Å². The van der Waals surface area contributed by atoms with Gasteiger partial charge in [0.2, 0.25) is 0 Å². The first-order valence-corrected chi connectivity index (χ1v) is 6.88. The Morgan fingerprint density at radius 1 is 1.18 bits per heavy atom. The van der Waals surface area contributed by atoms with Crippen molar-refractivity contribution < 1.29 is 9.53 Å². The quantitative estimate of drug-likeness (QED) is 0.522. The van der Waals surface area contributed by atoms with Gasteiger partial charge in [0.05, 0.1) is 13.7 Å². The van der Waals surface area contributed by atoms with Crippen LogP contribution in [0.25, 0.3) is 11.6 Å². The Bertz CT molecular complexity index is 712. The smallest absolute Gasteiger partial charge is 0.252 e. The van der Waals surface area contributed by atoms with E-state index >= 15 is 0 Å². The molecule has 0 unspecified atom stereocenters. The highest BCUT2D eigenvalue weighted by molar-refractivity contribution is 6.24. The topological polar surface area (TPSA) is 38.3 Å². The summed E-state index contributed by atoms with van der Waals surface area (Å²) in [5, 5.41) is 2.70. The molecule has 0 spiro atoms. The second kappa shape index (κ2) is 7.70. The molecule has 0 atom stereocenters. The minimum atomic E-state index is -0.213. The van der Waals surface area contributed by atoms with Gasteiger partial charge in [-0.1, -0.05) is 54.5 Å². The summed E-state index contributed by atoms with van der Waals surface area (Å²) in [5.74, 6) is 2.90. The Morgan fingerprint density at radius 3 is 2.55 bits per heavy atom. The summed E-state index contributed by atoms with van der Waals surface area (Å²) >= 11 is 0. The summed E-state index contributed by atoms with van der Waals surface area (Å²) in [6.45, 7) is 0.189. The van der Waals surface area contributed by atoms with Crippen LogP contribution in [-0.2, 0) is 4.79 Å². The summed E-state index contributed by atoms with van der Waals surface area (Å²) in [6.07, 6.45) is 7.02. The zero-order valence-corrected chi connectivity index (χ0v) is 12.4. The number of methoxy groups -OCH3 is 1. The highest BCUT2D eigenvalue weighted by atomic mass is 16.5. The Morgan fingerprint density at radius 2 is 1.86 bits per heavy atom. The second-order valence-electron chi connectivity index (χ2n) is 4.55. The molecule has 1 amide bonds. The molecule has 0 fully saturated rings. The van der Waals surface area contributed by atoms with Crippen LogP contribution < -0.4 is 10.1 Å². The molecular formula is C19H17NO2. The average Bonchev–Trinajstić information content (AvgIpc) is 2.58. The Balaban J connectivity index is 2.46. The van der Waals surface area contributed by atoms with E-state index in [1.807, 2.05) is 54.6 Å². The van der Waals surface area contributed by atoms with E-state index in [0.717, 1.165) is 11.1 Å². The summed E-state index contributed by atoms with van der Waals surface area (Å²) < 4.78 is 5.33. The highest BCUT2D eigenvalue weighted by Gasteiger charge is 2.12. The molecule has 2 aromatic carbocycles. The van der Waals surface area contributed by atoms with Gasteiger partial charge in [0.25, 0.3) is 5.91 Å². The first-order valence-electron chi connectivity index (χ1n) is 6.88. The molecule has 0 heterocycles. The molecule has 0 aliphatic heterocycles. The molecule has 2 aromatic rings. The van der Waals surface area contributed by atoms with E-state index in [0.29, 0.717) is 11.3 Å². The largest absolute Gasteiger partial charge is 0.496 e. The van der Waals surface area contributed by atoms with E-state index in [1.54, 1.807) is 13.2 Å². The number of nitrogens with one attached hydrogen (secondary N) is 1. The Kier molecular flexibility index (Phi) is 5.39. The van der Waals surface area contributed by atoms with Gasteiger partial charge in [-0.3, -0.25) is 4.79 Å². The molecule has 0 saturated carbocycles. The van der Waals surface area contributed by atoms with Gasteiger partial charge in [0.15, 0.2) is 0 Å². The molecule has 0 radical (unpaired) electrons. The number of amides is 1. The lowest BCUT2D eigenvalue weighted by molar-refractivity contribution is -0.115. The van der Waals surface area contributed by atoms with Crippen molar-refractivity contribution >= 4 is 17.6 Å². The van der Waals surface area contributed by atoms with Crippen molar-refractivity contribution in [2.75, 3.05) is 13.7 Å². The van der Waals surface area contributed by atoms with Crippen molar-refractivity contribution in [1.29, 1.82) is 0 Å². The van der Waals surface area contributed by atoms with Crippen LogP contribution in [0.2, 0.25) is 0 Å². The van der Waals surface area contributed by atoms with Crippen molar-refractivity contribution in [1.82, 2.24) is 5.32 Å². The average molecular weight is 291 g/mol. The van der Waals surface area contributed by atoms with Crippen LogP contribution in [0.4, 0.5) is 0 Å². The van der Waals surface area contributed by atoms with E-state index in [9.17, 15) is 4.79 Å². The van der Waals surface area contributed by atoms with Crippen molar-refractivity contribution in [3.8, 4) is 18.1 Å². The standard InChI is InChI=1S/C19H17NO2/c1-3-13-20-19(21)17(15-9-5-4-6-10-15)14-16-11-7-8-12-18(16)22-2/h1,4-12,14H,13H2,2H3,(H,20,21). The molecule has 0 saturated heterocycles. The lowest BCUT2D eigenvalue weighted by Crippen LogP contribution is -2.24. The van der Waals surface area contributed by atoms with Crippen molar-refractivity contribution in [3.63, 3.8) is 0 Å². The summed E-state index contributed by atoms with van der Waals surface area (Å²) in [5.41, 5.74) is 2.20. The van der Waals surface area contributed by atoms with Gasteiger partial charge in [-0.25, -0.2) is 0 Å². The van der Waals surface area contributed by atoms with Crippen LogP contribution in [-0.4, -0.2) is 19.6 Å². The highest BCUT2D eigenvalue weighted by Crippen LogP contribution is 2.24. The minimum absolute atomic E-state index is 0.189. The number of carbonyl (C=O) groups excluding carboxylic acids is 1. The fourth-order valence-electron chi connectivity index (χ4n) is 2.07.